The highest BCUT2D eigenvalue weighted by molar-refractivity contribution is 9.10. The number of benzene rings is 1. The normalized spacial score (nSPS) is 9.62. The Bertz CT molecular complexity index is 402. The molecule has 0 radical (unpaired) electrons. The van der Waals surface area contributed by atoms with Crippen molar-refractivity contribution in [2.75, 3.05) is 20.8 Å². The van der Waals surface area contributed by atoms with Gasteiger partial charge in [-0.3, -0.25) is 0 Å². The zero-order valence-electron chi connectivity index (χ0n) is 9.21. The molecule has 86 valence electrons. The van der Waals surface area contributed by atoms with Crippen LogP contribution in [-0.2, 0) is 6.54 Å². The zero-order valence-corrected chi connectivity index (χ0v) is 10.8. The van der Waals surface area contributed by atoms with E-state index in [1.54, 1.807) is 7.11 Å². The van der Waals surface area contributed by atoms with Gasteiger partial charge in [0.2, 0.25) is 0 Å². The SMILES string of the molecule is CNCc1cc(Br)c(OCC#N)c(OC)c1. The van der Waals surface area contributed by atoms with Crippen LogP contribution >= 0.6 is 15.9 Å². The lowest BCUT2D eigenvalue weighted by Crippen LogP contribution is -2.06. The minimum absolute atomic E-state index is 0.000332. The van der Waals surface area contributed by atoms with Gasteiger partial charge in [-0.2, -0.15) is 5.26 Å². The highest BCUT2D eigenvalue weighted by Crippen LogP contribution is 2.36. The molecule has 5 heteroatoms. The molecule has 0 spiro atoms. The maximum absolute atomic E-state index is 8.48. The molecule has 0 aliphatic heterocycles. The summed E-state index contributed by atoms with van der Waals surface area (Å²) in [5.41, 5.74) is 1.08. The molecular weight excluding hydrogens is 272 g/mol. The van der Waals surface area contributed by atoms with Gasteiger partial charge in [-0.1, -0.05) is 0 Å². The van der Waals surface area contributed by atoms with E-state index in [1.807, 2.05) is 25.2 Å². The highest BCUT2D eigenvalue weighted by Gasteiger charge is 2.11. The summed E-state index contributed by atoms with van der Waals surface area (Å²) in [6.07, 6.45) is 0. The number of ether oxygens (including phenoxy) is 2. The standard InChI is InChI=1S/C11H13BrN2O2/c1-14-7-8-5-9(12)11(16-4-3-13)10(6-8)15-2/h5-6,14H,4,7H2,1-2H3. The van der Waals surface area contributed by atoms with Gasteiger partial charge in [0.05, 0.1) is 11.6 Å². The molecule has 0 aliphatic rings. The maximum atomic E-state index is 8.48. The number of hydrogen-bond acceptors (Lipinski definition) is 4. The predicted octanol–water partition coefficient (Wildman–Crippen LogP) is 2.08. The predicted molar refractivity (Wildman–Crippen MR) is 64.6 cm³/mol. The van der Waals surface area contributed by atoms with E-state index in [1.165, 1.54) is 0 Å². The van der Waals surface area contributed by atoms with Crippen LogP contribution in [0.3, 0.4) is 0 Å². The summed E-state index contributed by atoms with van der Waals surface area (Å²) in [4.78, 5) is 0. The Morgan fingerprint density at radius 2 is 2.25 bits per heavy atom. The van der Waals surface area contributed by atoms with Crippen molar-refractivity contribution >= 4 is 15.9 Å². The van der Waals surface area contributed by atoms with E-state index >= 15 is 0 Å². The molecule has 1 aromatic carbocycles. The number of nitrogens with zero attached hydrogens (tertiary/aromatic N) is 1. The van der Waals surface area contributed by atoms with Crippen molar-refractivity contribution in [2.45, 2.75) is 6.54 Å². The summed E-state index contributed by atoms with van der Waals surface area (Å²) in [6, 6.07) is 5.74. The second kappa shape index (κ2) is 6.36. The molecule has 1 rings (SSSR count). The molecule has 1 aromatic rings. The number of nitrogens with one attached hydrogen (secondary N) is 1. The van der Waals surface area contributed by atoms with E-state index in [-0.39, 0.29) is 6.61 Å². The van der Waals surface area contributed by atoms with Gasteiger partial charge in [-0.25, -0.2) is 0 Å². The molecule has 0 amide bonds. The topological polar surface area (TPSA) is 54.3 Å². The fourth-order valence-electron chi connectivity index (χ4n) is 1.32. The Balaban J connectivity index is 3.03. The quantitative estimate of drug-likeness (QED) is 0.900. The van der Waals surface area contributed by atoms with Crippen LogP contribution in [0.25, 0.3) is 0 Å². The van der Waals surface area contributed by atoms with Gasteiger partial charge < -0.3 is 14.8 Å². The molecule has 0 heterocycles. The van der Waals surface area contributed by atoms with Crippen LogP contribution in [0.2, 0.25) is 0 Å². The van der Waals surface area contributed by atoms with Crippen LogP contribution in [0.5, 0.6) is 11.5 Å². The Morgan fingerprint density at radius 3 is 2.81 bits per heavy atom. The molecule has 0 aliphatic carbocycles. The minimum atomic E-state index is 0.000332. The summed E-state index contributed by atoms with van der Waals surface area (Å²) in [5, 5.41) is 11.5. The Morgan fingerprint density at radius 1 is 1.50 bits per heavy atom. The third kappa shape index (κ3) is 3.12. The van der Waals surface area contributed by atoms with Crippen LogP contribution in [0.1, 0.15) is 5.56 Å². The van der Waals surface area contributed by atoms with Gasteiger partial charge in [-0.05, 0) is 40.7 Å². The average molecular weight is 285 g/mol. The summed E-state index contributed by atoms with van der Waals surface area (Å²) < 4.78 is 11.3. The third-order valence-corrected chi connectivity index (χ3v) is 2.54. The minimum Gasteiger partial charge on any atom is -0.493 e. The van der Waals surface area contributed by atoms with E-state index in [0.717, 1.165) is 16.6 Å². The fourth-order valence-corrected chi connectivity index (χ4v) is 1.93. The molecule has 0 aromatic heterocycles. The van der Waals surface area contributed by atoms with Gasteiger partial charge in [-0.15, -0.1) is 0 Å². The average Bonchev–Trinajstić information content (AvgIpc) is 2.27. The molecule has 0 bridgehead atoms. The first-order valence-corrected chi connectivity index (χ1v) is 5.53. The van der Waals surface area contributed by atoms with Crippen LogP contribution in [-0.4, -0.2) is 20.8 Å². The zero-order chi connectivity index (χ0) is 12.0. The van der Waals surface area contributed by atoms with Crippen molar-refractivity contribution in [3.05, 3.63) is 22.2 Å². The van der Waals surface area contributed by atoms with E-state index in [9.17, 15) is 0 Å². The Labute approximate surface area is 103 Å². The molecule has 4 nitrogen and oxygen atoms in total. The molecule has 0 saturated carbocycles. The van der Waals surface area contributed by atoms with Crippen molar-refractivity contribution in [3.63, 3.8) is 0 Å². The van der Waals surface area contributed by atoms with Crippen molar-refractivity contribution in [3.8, 4) is 17.6 Å². The van der Waals surface area contributed by atoms with Gasteiger partial charge >= 0.3 is 0 Å². The first-order valence-electron chi connectivity index (χ1n) is 4.73. The van der Waals surface area contributed by atoms with E-state index in [4.69, 9.17) is 14.7 Å². The molecule has 0 atom stereocenters. The lowest BCUT2D eigenvalue weighted by atomic mass is 10.2. The van der Waals surface area contributed by atoms with Crippen molar-refractivity contribution in [2.24, 2.45) is 0 Å². The number of halogens is 1. The smallest absolute Gasteiger partial charge is 0.176 e. The van der Waals surface area contributed by atoms with Crippen LogP contribution < -0.4 is 14.8 Å². The van der Waals surface area contributed by atoms with Crippen LogP contribution in [0, 0.1) is 11.3 Å². The maximum Gasteiger partial charge on any atom is 0.176 e. The van der Waals surface area contributed by atoms with Gasteiger partial charge in [0.15, 0.2) is 18.1 Å². The van der Waals surface area contributed by atoms with E-state index < -0.39 is 0 Å². The summed E-state index contributed by atoms with van der Waals surface area (Å²) in [6.45, 7) is 0.744. The molecule has 16 heavy (non-hydrogen) atoms. The van der Waals surface area contributed by atoms with E-state index in [2.05, 4.69) is 21.2 Å². The number of nitriles is 1. The largest absolute Gasteiger partial charge is 0.493 e. The third-order valence-electron chi connectivity index (χ3n) is 1.95. The van der Waals surface area contributed by atoms with Crippen LogP contribution in [0.15, 0.2) is 16.6 Å². The molecule has 1 N–H and O–H groups in total. The fraction of sp³-hybridized carbons (Fsp3) is 0.364. The number of rotatable bonds is 5. The number of methoxy groups -OCH3 is 1. The highest BCUT2D eigenvalue weighted by atomic mass is 79.9. The lowest BCUT2D eigenvalue weighted by Gasteiger charge is -2.12. The number of hydrogen-bond donors (Lipinski definition) is 1. The first kappa shape index (κ1) is 12.8. The molecule has 0 saturated heterocycles. The Kier molecular flexibility index (Phi) is 5.09. The van der Waals surface area contributed by atoms with Crippen molar-refractivity contribution in [1.82, 2.24) is 5.32 Å². The summed E-state index contributed by atoms with van der Waals surface area (Å²) in [5.74, 6) is 1.18. The van der Waals surface area contributed by atoms with Gasteiger partial charge in [0, 0.05) is 6.54 Å². The first-order chi connectivity index (χ1) is 7.72. The molecule has 0 fully saturated rings. The molecule has 0 unspecified atom stereocenters. The Hall–Kier alpha value is -1.25. The lowest BCUT2D eigenvalue weighted by molar-refractivity contribution is 0.327. The van der Waals surface area contributed by atoms with Crippen molar-refractivity contribution in [1.29, 1.82) is 5.26 Å². The van der Waals surface area contributed by atoms with Gasteiger partial charge in [0.1, 0.15) is 6.07 Å². The van der Waals surface area contributed by atoms with Gasteiger partial charge in [0.25, 0.3) is 0 Å². The summed E-state index contributed by atoms with van der Waals surface area (Å²) >= 11 is 3.40. The monoisotopic (exact) mass is 284 g/mol. The second-order valence-electron chi connectivity index (χ2n) is 3.09. The molecular formula is C11H13BrN2O2. The van der Waals surface area contributed by atoms with Crippen molar-refractivity contribution < 1.29 is 9.47 Å². The second-order valence-corrected chi connectivity index (χ2v) is 3.94. The summed E-state index contributed by atoms with van der Waals surface area (Å²) in [7, 11) is 3.45. The van der Waals surface area contributed by atoms with Crippen LogP contribution in [0.4, 0.5) is 0 Å². The van der Waals surface area contributed by atoms with E-state index in [0.29, 0.717) is 11.5 Å².